The zero-order chi connectivity index (χ0) is 10.1. The molecule has 1 aromatic rings. The van der Waals surface area contributed by atoms with Gasteiger partial charge < -0.3 is 9.64 Å². The average Bonchev–Trinajstić information content (AvgIpc) is 2.56. The molecule has 78 valence electrons. The lowest BCUT2D eigenvalue weighted by Gasteiger charge is -2.36. The van der Waals surface area contributed by atoms with Crippen LogP contribution < -0.4 is 4.90 Å². The van der Waals surface area contributed by atoms with E-state index in [1.165, 1.54) is 0 Å². The van der Waals surface area contributed by atoms with Gasteiger partial charge in [0, 0.05) is 6.54 Å². The Morgan fingerprint density at radius 3 is 2.93 bits per heavy atom. The first-order valence-electron chi connectivity index (χ1n) is 4.54. The van der Waals surface area contributed by atoms with Crippen molar-refractivity contribution in [1.82, 2.24) is 8.75 Å². The van der Waals surface area contributed by atoms with Crippen LogP contribution in [0.25, 0.3) is 0 Å². The molecule has 0 aromatic carbocycles. The number of ether oxygens (including phenoxy) is 1. The summed E-state index contributed by atoms with van der Waals surface area (Å²) in [5.74, 6) is 0.791. The maximum atomic E-state index is 5.94. The maximum absolute atomic E-state index is 5.94. The number of rotatable bonds is 1. The summed E-state index contributed by atoms with van der Waals surface area (Å²) in [7, 11) is 0. The summed E-state index contributed by atoms with van der Waals surface area (Å²) in [5, 5.41) is 0.496. The molecule has 2 heterocycles. The Bertz CT molecular complexity index is 319. The third kappa shape index (κ3) is 1.85. The van der Waals surface area contributed by atoms with Crippen LogP contribution in [-0.2, 0) is 4.74 Å². The van der Waals surface area contributed by atoms with E-state index in [9.17, 15) is 0 Å². The Morgan fingerprint density at radius 2 is 2.29 bits per heavy atom. The van der Waals surface area contributed by atoms with Gasteiger partial charge in [0.1, 0.15) is 0 Å². The molecule has 0 N–H and O–H groups in total. The van der Waals surface area contributed by atoms with Crippen molar-refractivity contribution in [3.8, 4) is 0 Å². The zero-order valence-electron chi connectivity index (χ0n) is 8.11. The van der Waals surface area contributed by atoms with E-state index >= 15 is 0 Å². The van der Waals surface area contributed by atoms with Gasteiger partial charge in [-0.25, -0.2) is 0 Å². The van der Waals surface area contributed by atoms with Gasteiger partial charge in [-0.05, 0) is 13.8 Å². The van der Waals surface area contributed by atoms with E-state index < -0.39 is 0 Å². The van der Waals surface area contributed by atoms with E-state index in [2.05, 4.69) is 20.6 Å². The lowest BCUT2D eigenvalue weighted by atomic mass is 10.2. The Hall–Kier alpha value is -0.390. The number of aromatic nitrogens is 2. The van der Waals surface area contributed by atoms with Crippen molar-refractivity contribution in [3.63, 3.8) is 0 Å². The number of hydrogen-bond donors (Lipinski definition) is 0. The summed E-state index contributed by atoms with van der Waals surface area (Å²) in [4.78, 5) is 2.15. The van der Waals surface area contributed by atoms with Crippen LogP contribution in [0, 0.1) is 0 Å². The van der Waals surface area contributed by atoms with Gasteiger partial charge in [0.2, 0.25) is 0 Å². The highest BCUT2D eigenvalue weighted by molar-refractivity contribution is 6.99. The minimum Gasteiger partial charge on any atom is -0.375 e. The number of nitrogens with zero attached hydrogens (tertiary/aromatic N) is 3. The monoisotopic (exact) mass is 233 g/mol. The molecule has 6 heteroatoms. The quantitative estimate of drug-likeness (QED) is 0.742. The van der Waals surface area contributed by atoms with Crippen LogP contribution in [-0.4, -0.2) is 34.0 Å². The van der Waals surface area contributed by atoms with E-state index in [1.54, 1.807) is 0 Å². The van der Waals surface area contributed by atoms with Crippen LogP contribution in [0.5, 0.6) is 0 Å². The van der Waals surface area contributed by atoms with E-state index in [0.717, 1.165) is 30.7 Å². The molecule has 0 amide bonds. The molecule has 14 heavy (non-hydrogen) atoms. The van der Waals surface area contributed by atoms with E-state index in [0.29, 0.717) is 11.2 Å². The second kappa shape index (κ2) is 4.00. The standard InChI is InChI=1S/C8H12ClN3OS/c1-5-4-13-6(2)3-12(5)8-7(9)10-14-11-8/h5-6H,3-4H2,1-2H3. The second-order valence-corrected chi connectivity index (χ2v) is 4.41. The highest BCUT2D eigenvalue weighted by Gasteiger charge is 2.27. The van der Waals surface area contributed by atoms with Crippen molar-refractivity contribution in [2.24, 2.45) is 0 Å². The average molecular weight is 234 g/mol. The van der Waals surface area contributed by atoms with Crippen LogP contribution in [0.2, 0.25) is 5.15 Å². The second-order valence-electron chi connectivity index (χ2n) is 3.52. The molecule has 2 rings (SSSR count). The molecular weight excluding hydrogens is 222 g/mol. The van der Waals surface area contributed by atoms with Gasteiger partial charge >= 0.3 is 0 Å². The smallest absolute Gasteiger partial charge is 0.187 e. The van der Waals surface area contributed by atoms with Gasteiger partial charge in [-0.1, -0.05) is 11.6 Å². The van der Waals surface area contributed by atoms with Crippen molar-refractivity contribution in [2.45, 2.75) is 26.0 Å². The first-order valence-corrected chi connectivity index (χ1v) is 5.65. The Balaban J connectivity index is 2.20. The Labute approximate surface area is 92.2 Å². The van der Waals surface area contributed by atoms with Crippen LogP contribution >= 0.6 is 23.3 Å². The van der Waals surface area contributed by atoms with Crippen LogP contribution in [0.3, 0.4) is 0 Å². The van der Waals surface area contributed by atoms with Gasteiger partial charge in [0.25, 0.3) is 0 Å². The molecule has 0 radical (unpaired) electrons. The fourth-order valence-electron chi connectivity index (χ4n) is 1.54. The van der Waals surface area contributed by atoms with E-state index in [-0.39, 0.29) is 6.10 Å². The van der Waals surface area contributed by atoms with Crippen molar-refractivity contribution in [2.75, 3.05) is 18.1 Å². The number of hydrogen-bond acceptors (Lipinski definition) is 5. The summed E-state index contributed by atoms with van der Waals surface area (Å²) in [6.07, 6.45) is 0.226. The molecule has 0 aliphatic carbocycles. The molecular formula is C8H12ClN3OS. The summed E-state index contributed by atoms with van der Waals surface area (Å²) >= 11 is 7.09. The summed E-state index contributed by atoms with van der Waals surface area (Å²) in [6, 6.07) is 0.313. The van der Waals surface area contributed by atoms with E-state index in [1.807, 2.05) is 6.92 Å². The molecule has 0 spiro atoms. The van der Waals surface area contributed by atoms with Crippen LogP contribution in [0.1, 0.15) is 13.8 Å². The largest absolute Gasteiger partial charge is 0.375 e. The van der Waals surface area contributed by atoms with Crippen LogP contribution in [0.4, 0.5) is 5.82 Å². The zero-order valence-corrected chi connectivity index (χ0v) is 9.68. The Morgan fingerprint density at radius 1 is 1.50 bits per heavy atom. The summed E-state index contributed by atoms with van der Waals surface area (Å²) in [5.41, 5.74) is 0. The van der Waals surface area contributed by atoms with Gasteiger partial charge in [0.15, 0.2) is 11.0 Å². The van der Waals surface area contributed by atoms with Crippen LogP contribution in [0.15, 0.2) is 0 Å². The molecule has 2 atom stereocenters. The minimum absolute atomic E-state index is 0.226. The molecule has 1 saturated heterocycles. The first kappa shape index (κ1) is 10.1. The van der Waals surface area contributed by atoms with E-state index in [4.69, 9.17) is 16.3 Å². The molecule has 0 bridgehead atoms. The SMILES string of the molecule is CC1CN(c2nsnc2Cl)C(C)CO1. The maximum Gasteiger partial charge on any atom is 0.187 e. The van der Waals surface area contributed by atoms with Crippen molar-refractivity contribution >= 4 is 29.1 Å². The predicted molar refractivity (Wildman–Crippen MR) is 57.1 cm³/mol. The van der Waals surface area contributed by atoms with Crippen molar-refractivity contribution in [3.05, 3.63) is 5.15 Å². The highest BCUT2D eigenvalue weighted by Crippen LogP contribution is 2.26. The minimum atomic E-state index is 0.226. The molecule has 0 saturated carbocycles. The molecule has 2 unspecified atom stereocenters. The van der Waals surface area contributed by atoms with Crippen molar-refractivity contribution in [1.29, 1.82) is 0 Å². The number of halogens is 1. The molecule has 1 aliphatic heterocycles. The Kier molecular flexibility index (Phi) is 2.90. The fraction of sp³-hybridized carbons (Fsp3) is 0.750. The molecule has 1 fully saturated rings. The highest BCUT2D eigenvalue weighted by atomic mass is 35.5. The molecule has 4 nitrogen and oxygen atoms in total. The van der Waals surface area contributed by atoms with Gasteiger partial charge in [0.05, 0.1) is 30.5 Å². The molecule has 1 aromatic heterocycles. The lowest BCUT2D eigenvalue weighted by molar-refractivity contribution is 0.0341. The van der Waals surface area contributed by atoms with Gasteiger partial charge in [-0.3, -0.25) is 0 Å². The van der Waals surface area contributed by atoms with Gasteiger partial charge in [-0.2, -0.15) is 8.75 Å². The third-order valence-electron chi connectivity index (χ3n) is 2.31. The van der Waals surface area contributed by atoms with Crippen molar-refractivity contribution < 1.29 is 4.74 Å². The normalized spacial score (nSPS) is 28.1. The van der Waals surface area contributed by atoms with Gasteiger partial charge in [-0.15, -0.1) is 0 Å². The topological polar surface area (TPSA) is 38.2 Å². The molecule has 1 aliphatic rings. The first-order chi connectivity index (χ1) is 6.68. The lowest BCUT2D eigenvalue weighted by Crippen LogP contribution is -2.47. The fourth-order valence-corrected chi connectivity index (χ4v) is 2.30. The summed E-state index contributed by atoms with van der Waals surface area (Å²) < 4.78 is 13.7. The number of morpholine rings is 1. The summed E-state index contributed by atoms with van der Waals surface area (Å²) in [6.45, 7) is 5.69. The predicted octanol–water partition coefficient (Wildman–Crippen LogP) is 1.81. The third-order valence-corrected chi connectivity index (χ3v) is 3.19. The number of anilines is 1.